The number of likely N-dealkylation sites (tertiary alicyclic amines) is 1. The molecule has 1 N–H and O–H groups in total. The fourth-order valence-electron chi connectivity index (χ4n) is 3.56. The van der Waals surface area contributed by atoms with Crippen LogP contribution in [0.3, 0.4) is 0 Å². The van der Waals surface area contributed by atoms with Crippen LogP contribution in [0.4, 0.5) is 5.69 Å². The minimum Gasteiger partial charge on any atom is -0.338 e. The summed E-state index contributed by atoms with van der Waals surface area (Å²) in [5.74, 6) is -0.422. The maximum atomic E-state index is 12.8. The Hall–Kier alpha value is -3.74. The number of anilines is 1. The molecule has 1 saturated heterocycles. The zero-order chi connectivity index (χ0) is 21.1. The Morgan fingerprint density at radius 3 is 2.60 bits per heavy atom. The summed E-state index contributed by atoms with van der Waals surface area (Å²) in [6.45, 7) is 3.03. The van der Waals surface area contributed by atoms with E-state index in [1.165, 1.54) is 6.07 Å². The van der Waals surface area contributed by atoms with E-state index in [1.54, 1.807) is 22.6 Å². The van der Waals surface area contributed by atoms with Crippen LogP contribution >= 0.6 is 0 Å². The standard InChI is InChI=1S/C23H22N4O3/c1-16-13-20(28)22(25-27(16)19-9-3-2-4-10-19)23(30)24-18-8-5-7-17(14-18)15-26-12-6-11-21(26)29/h2-5,7-10,13-14H,6,11-12,15H2,1H3,(H,24,30). The molecule has 1 aromatic heterocycles. The Kier molecular flexibility index (Phi) is 5.43. The van der Waals surface area contributed by atoms with Gasteiger partial charge in [0.1, 0.15) is 0 Å². The van der Waals surface area contributed by atoms with Crippen molar-refractivity contribution in [1.29, 1.82) is 0 Å². The predicted molar refractivity (Wildman–Crippen MR) is 114 cm³/mol. The maximum Gasteiger partial charge on any atom is 0.280 e. The molecule has 7 nitrogen and oxygen atoms in total. The normalized spacial score (nSPS) is 13.5. The number of carbonyl (C=O) groups excluding carboxylic acids is 2. The van der Waals surface area contributed by atoms with Crippen molar-refractivity contribution in [2.75, 3.05) is 11.9 Å². The van der Waals surface area contributed by atoms with Gasteiger partial charge in [0.05, 0.1) is 5.69 Å². The molecule has 152 valence electrons. The molecule has 7 heteroatoms. The molecule has 1 aliphatic rings. The molecule has 1 aliphatic heterocycles. The van der Waals surface area contributed by atoms with E-state index in [4.69, 9.17) is 0 Å². The SMILES string of the molecule is Cc1cc(=O)c(C(=O)Nc2cccc(CN3CCCC3=O)c2)nn1-c1ccccc1. The van der Waals surface area contributed by atoms with Crippen molar-refractivity contribution in [2.24, 2.45) is 0 Å². The summed E-state index contributed by atoms with van der Waals surface area (Å²) in [5, 5.41) is 7.05. The molecule has 0 bridgehead atoms. The molecular weight excluding hydrogens is 380 g/mol. The second kappa shape index (κ2) is 8.32. The Balaban J connectivity index is 1.56. The number of carbonyl (C=O) groups is 2. The van der Waals surface area contributed by atoms with Crippen molar-refractivity contribution >= 4 is 17.5 Å². The molecule has 4 rings (SSSR count). The lowest BCUT2D eigenvalue weighted by Crippen LogP contribution is -2.27. The quantitative estimate of drug-likeness (QED) is 0.711. The summed E-state index contributed by atoms with van der Waals surface area (Å²) < 4.78 is 1.58. The Bertz CT molecular complexity index is 1150. The van der Waals surface area contributed by atoms with Gasteiger partial charge in [0, 0.05) is 37.0 Å². The Morgan fingerprint density at radius 1 is 1.07 bits per heavy atom. The van der Waals surface area contributed by atoms with Crippen molar-refractivity contribution < 1.29 is 9.59 Å². The first-order valence-electron chi connectivity index (χ1n) is 9.86. The molecular formula is C23H22N4O3. The fraction of sp³-hybridized carbons (Fsp3) is 0.217. The number of aromatic nitrogens is 2. The van der Waals surface area contributed by atoms with Gasteiger partial charge in [0.2, 0.25) is 11.3 Å². The van der Waals surface area contributed by atoms with E-state index < -0.39 is 11.3 Å². The van der Waals surface area contributed by atoms with Crippen molar-refractivity contribution in [3.8, 4) is 5.69 Å². The summed E-state index contributed by atoms with van der Waals surface area (Å²) in [6.07, 6.45) is 1.46. The average molecular weight is 402 g/mol. The van der Waals surface area contributed by atoms with Crippen molar-refractivity contribution in [2.45, 2.75) is 26.3 Å². The first-order valence-corrected chi connectivity index (χ1v) is 9.86. The monoisotopic (exact) mass is 402 g/mol. The lowest BCUT2D eigenvalue weighted by atomic mass is 10.2. The highest BCUT2D eigenvalue weighted by atomic mass is 16.2. The maximum absolute atomic E-state index is 12.8. The predicted octanol–water partition coefficient (Wildman–Crippen LogP) is 2.92. The summed E-state index contributed by atoms with van der Waals surface area (Å²) in [5.41, 5.74) is 2.26. The fourth-order valence-corrected chi connectivity index (χ4v) is 3.56. The minimum atomic E-state index is -0.570. The van der Waals surface area contributed by atoms with Gasteiger partial charge in [-0.15, -0.1) is 0 Å². The molecule has 0 aliphatic carbocycles. The summed E-state index contributed by atoms with van der Waals surface area (Å²) >= 11 is 0. The van der Waals surface area contributed by atoms with Crippen molar-refractivity contribution in [3.05, 3.63) is 87.8 Å². The van der Waals surface area contributed by atoms with Crippen molar-refractivity contribution in [3.63, 3.8) is 0 Å². The minimum absolute atomic E-state index is 0.148. The van der Waals surface area contributed by atoms with Gasteiger partial charge in [-0.1, -0.05) is 30.3 Å². The number of para-hydroxylation sites is 1. The van der Waals surface area contributed by atoms with Crippen LogP contribution in [0.1, 0.15) is 34.6 Å². The topological polar surface area (TPSA) is 84.3 Å². The van der Waals surface area contributed by atoms with Gasteiger partial charge >= 0.3 is 0 Å². The van der Waals surface area contributed by atoms with Crippen LogP contribution < -0.4 is 10.7 Å². The smallest absolute Gasteiger partial charge is 0.280 e. The second-order valence-corrected chi connectivity index (χ2v) is 7.32. The van der Waals surface area contributed by atoms with Gasteiger partial charge in [-0.05, 0) is 43.2 Å². The van der Waals surface area contributed by atoms with E-state index in [0.29, 0.717) is 24.3 Å². The number of hydrogen-bond acceptors (Lipinski definition) is 4. The van der Waals surface area contributed by atoms with Gasteiger partial charge in [-0.25, -0.2) is 4.68 Å². The number of aryl methyl sites for hydroxylation is 1. The lowest BCUT2D eigenvalue weighted by molar-refractivity contribution is -0.128. The molecule has 1 fully saturated rings. The summed E-state index contributed by atoms with van der Waals surface area (Å²) in [4.78, 5) is 38.9. The van der Waals surface area contributed by atoms with Gasteiger partial charge in [-0.2, -0.15) is 5.10 Å². The van der Waals surface area contributed by atoms with Crippen LogP contribution in [-0.2, 0) is 11.3 Å². The number of nitrogens with zero attached hydrogens (tertiary/aromatic N) is 3. The zero-order valence-corrected chi connectivity index (χ0v) is 16.7. The number of rotatable bonds is 5. The zero-order valence-electron chi connectivity index (χ0n) is 16.7. The van der Waals surface area contributed by atoms with E-state index in [2.05, 4.69) is 10.4 Å². The second-order valence-electron chi connectivity index (χ2n) is 7.32. The van der Waals surface area contributed by atoms with Gasteiger partial charge in [0.25, 0.3) is 5.91 Å². The molecule has 0 atom stereocenters. The molecule has 2 amide bonds. The highest BCUT2D eigenvalue weighted by Gasteiger charge is 2.20. The van der Waals surface area contributed by atoms with Gasteiger partial charge < -0.3 is 10.2 Å². The molecule has 0 radical (unpaired) electrons. The molecule has 0 saturated carbocycles. The largest absolute Gasteiger partial charge is 0.338 e. The Labute approximate surface area is 174 Å². The van der Waals surface area contributed by atoms with Gasteiger partial charge in [-0.3, -0.25) is 14.4 Å². The van der Waals surface area contributed by atoms with E-state index in [9.17, 15) is 14.4 Å². The lowest BCUT2D eigenvalue weighted by Gasteiger charge is -2.16. The number of nitrogens with one attached hydrogen (secondary N) is 1. The Morgan fingerprint density at radius 2 is 1.87 bits per heavy atom. The third kappa shape index (κ3) is 4.15. The number of amides is 2. The molecule has 0 unspecified atom stereocenters. The van der Waals surface area contributed by atoms with E-state index in [-0.39, 0.29) is 11.6 Å². The van der Waals surface area contributed by atoms with Crippen LogP contribution in [0.15, 0.2) is 65.5 Å². The summed E-state index contributed by atoms with van der Waals surface area (Å²) in [7, 11) is 0. The van der Waals surface area contributed by atoms with Crippen molar-refractivity contribution in [1.82, 2.24) is 14.7 Å². The molecule has 2 aromatic carbocycles. The number of benzene rings is 2. The van der Waals surface area contributed by atoms with E-state index in [0.717, 1.165) is 24.2 Å². The van der Waals surface area contributed by atoms with Crippen LogP contribution in [0, 0.1) is 6.92 Å². The molecule has 3 aromatic rings. The highest BCUT2D eigenvalue weighted by Crippen LogP contribution is 2.17. The van der Waals surface area contributed by atoms with Crippen LogP contribution in [0.5, 0.6) is 0 Å². The third-order valence-electron chi connectivity index (χ3n) is 5.05. The molecule has 0 spiro atoms. The van der Waals surface area contributed by atoms with Crippen LogP contribution in [-0.4, -0.2) is 33.0 Å². The van der Waals surface area contributed by atoms with Gasteiger partial charge in [0.15, 0.2) is 5.69 Å². The third-order valence-corrected chi connectivity index (χ3v) is 5.05. The van der Waals surface area contributed by atoms with Crippen LogP contribution in [0.25, 0.3) is 5.69 Å². The first kappa shape index (κ1) is 19.6. The summed E-state index contributed by atoms with van der Waals surface area (Å²) in [6, 6.07) is 18.0. The number of hydrogen-bond donors (Lipinski definition) is 1. The average Bonchev–Trinajstić information content (AvgIpc) is 3.13. The molecule has 2 heterocycles. The van der Waals surface area contributed by atoms with Crippen LogP contribution in [0.2, 0.25) is 0 Å². The van der Waals surface area contributed by atoms with E-state index in [1.807, 2.05) is 48.5 Å². The first-order chi connectivity index (χ1) is 14.5. The van der Waals surface area contributed by atoms with E-state index >= 15 is 0 Å². The highest BCUT2D eigenvalue weighted by molar-refractivity contribution is 6.02. The molecule has 30 heavy (non-hydrogen) atoms.